The molecule has 1 fully saturated rings. The molecule has 0 aliphatic carbocycles. The molecule has 2 rings (SSSR count). The van der Waals surface area contributed by atoms with Gasteiger partial charge in [-0.2, -0.15) is 0 Å². The highest BCUT2D eigenvalue weighted by atomic mass is 16.2. The summed E-state index contributed by atoms with van der Waals surface area (Å²) in [6, 6.07) is 11.0. The van der Waals surface area contributed by atoms with E-state index >= 15 is 0 Å². The number of carbonyl (C=O) groups excluding carboxylic acids is 1. The van der Waals surface area contributed by atoms with E-state index in [1.807, 2.05) is 6.07 Å². The van der Waals surface area contributed by atoms with E-state index < -0.39 is 0 Å². The van der Waals surface area contributed by atoms with E-state index in [-0.39, 0.29) is 0 Å². The molecule has 0 aromatic heterocycles. The van der Waals surface area contributed by atoms with E-state index in [2.05, 4.69) is 67.0 Å². The molecule has 2 atom stereocenters. The normalized spacial score (nSPS) is 23.1. The first-order valence-electron chi connectivity index (χ1n) is 8.37. The molecule has 0 saturated carbocycles. The summed E-state index contributed by atoms with van der Waals surface area (Å²) in [5.41, 5.74) is 1.24. The monoisotopic (exact) mass is 300 g/mol. The Labute approximate surface area is 134 Å². The van der Waals surface area contributed by atoms with Gasteiger partial charge < -0.3 is 4.90 Å². The molecule has 1 amide bonds. The van der Waals surface area contributed by atoms with Crippen molar-refractivity contribution < 1.29 is 4.79 Å². The van der Waals surface area contributed by atoms with Gasteiger partial charge >= 0.3 is 0 Å². The Morgan fingerprint density at radius 1 is 1.18 bits per heavy atom. The molecule has 1 heterocycles. The highest BCUT2D eigenvalue weighted by molar-refractivity contribution is 5.77. The Morgan fingerprint density at radius 3 is 2.41 bits per heavy atom. The third-order valence-electron chi connectivity index (χ3n) is 4.22. The zero-order valence-electron chi connectivity index (χ0n) is 14.0. The number of carbonyl (C=O) groups is 1. The zero-order chi connectivity index (χ0) is 15.9. The molecule has 1 aromatic carbocycles. The van der Waals surface area contributed by atoms with Gasteiger partial charge in [0.1, 0.15) is 0 Å². The van der Waals surface area contributed by atoms with Gasteiger partial charge in [-0.3, -0.25) is 9.69 Å². The maximum Gasteiger partial charge on any atom is 0.223 e. The molecule has 1 aliphatic rings. The molecule has 3 heteroatoms. The highest BCUT2D eigenvalue weighted by Crippen LogP contribution is 2.17. The summed E-state index contributed by atoms with van der Waals surface area (Å²) in [7, 11) is 0. The van der Waals surface area contributed by atoms with Gasteiger partial charge in [-0.05, 0) is 25.8 Å². The maximum absolute atomic E-state index is 12.2. The minimum absolute atomic E-state index is 0.299. The second-order valence-electron chi connectivity index (χ2n) is 6.28. The standard InChI is InChI=1S/C19H28N2O/c1-4-9-19(22)21-16(2)14-20(15-17(21)3)13-8-12-18-10-6-5-7-11-18/h5-8,10-12,16-17H,4,9,13-15H2,1-3H3/b12-8-/t16-,17-/m1/s1. The average Bonchev–Trinajstić information content (AvgIpc) is 2.48. The lowest BCUT2D eigenvalue weighted by Gasteiger charge is -2.44. The molecule has 1 aliphatic heterocycles. The van der Waals surface area contributed by atoms with E-state index in [0.29, 0.717) is 24.4 Å². The number of nitrogens with zero attached hydrogens (tertiary/aromatic N) is 2. The number of hydrogen-bond donors (Lipinski definition) is 0. The van der Waals surface area contributed by atoms with Crippen molar-refractivity contribution in [1.29, 1.82) is 0 Å². The summed E-state index contributed by atoms with van der Waals surface area (Å²) < 4.78 is 0. The molecular formula is C19H28N2O. The number of hydrogen-bond acceptors (Lipinski definition) is 2. The highest BCUT2D eigenvalue weighted by Gasteiger charge is 2.31. The molecule has 120 valence electrons. The zero-order valence-corrected chi connectivity index (χ0v) is 14.0. The van der Waals surface area contributed by atoms with E-state index in [1.165, 1.54) is 5.56 Å². The van der Waals surface area contributed by atoms with Crippen molar-refractivity contribution >= 4 is 12.0 Å². The summed E-state index contributed by atoms with van der Waals surface area (Å²) in [5.74, 6) is 0.307. The largest absolute Gasteiger partial charge is 0.335 e. The van der Waals surface area contributed by atoms with Gasteiger partial charge in [0.2, 0.25) is 5.91 Å². The van der Waals surface area contributed by atoms with Gasteiger partial charge in [0.05, 0.1) is 0 Å². The second kappa shape index (κ2) is 8.14. The third-order valence-corrected chi connectivity index (χ3v) is 4.22. The first kappa shape index (κ1) is 16.8. The molecular weight excluding hydrogens is 272 g/mol. The topological polar surface area (TPSA) is 23.6 Å². The first-order valence-corrected chi connectivity index (χ1v) is 8.37. The quantitative estimate of drug-likeness (QED) is 0.832. The van der Waals surface area contributed by atoms with Crippen molar-refractivity contribution in [2.24, 2.45) is 0 Å². The molecule has 1 saturated heterocycles. The lowest BCUT2D eigenvalue weighted by molar-refractivity contribution is -0.138. The lowest BCUT2D eigenvalue weighted by Crippen LogP contribution is -2.58. The smallest absolute Gasteiger partial charge is 0.223 e. The molecule has 0 bridgehead atoms. The minimum atomic E-state index is 0.299. The fraction of sp³-hybridized carbons (Fsp3) is 0.526. The van der Waals surface area contributed by atoms with Crippen LogP contribution in [0.4, 0.5) is 0 Å². The molecule has 0 radical (unpaired) electrons. The number of amides is 1. The van der Waals surface area contributed by atoms with Crippen molar-refractivity contribution in [2.45, 2.75) is 45.7 Å². The van der Waals surface area contributed by atoms with Gasteiger partial charge in [-0.15, -0.1) is 0 Å². The predicted octanol–water partition coefficient (Wildman–Crippen LogP) is 3.42. The third kappa shape index (κ3) is 4.44. The molecule has 0 spiro atoms. The minimum Gasteiger partial charge on any atom is -0.335 e. The van der Waals surface area contributed by atoms with Crippen LogP contribution >= 0.6 is 0 Å². The summed E-state index contributed by atoms with van der Waals surface area (Å²) in [6.45, 7) is 9.25. The van der Waals surface area contributed by atoms with Gasteiger partial charge in [0, 0.05) is 38.1 Å². The van der Waals surface area contributed by atoms with Crippen molar-refractivity contribution in [3.8, 4) is 0 Å². The second-order valence-corrected chi connectivity index (χ2v) is 6.28. The van der Waals surface area contributed by atoms with Crippen LogP contribution in [0.1, 0.15) is 39.2 Å². The summed E-state index contributed by atoms with van der Waals surface area (Å²) >= 11 is 0. The van der Waals surface area contributed by atoms with Crippen LogP contribution < -0.4 is 0 Å². The number of benzene rings is 1. The Kier molecular flexibility index (Phi) is 6.20. The van der Waals surface area contributed by atoms with Crippen LogP contribution in [-0.4, -0.2) is 47.4 Å². The Hall–Kier alpha value is -1.61. The SMILES string of the molecule is CCCC(=O)N1[C@H](C)CN(C/C=C\c2ccccc2)C[C@H]1C. The van der Waals surface area contributed by atoms with Crippen molar-refractivity contribution in [3.05, 3.63) is 42.0 Å². The van der Waals surface area contributed by atoms with Crippen LogP contribution in [0.2, 0.25) is 0 Å². The predicted molar refractivity (Wildman–Crippen MR) is 92.6 cm³/mol. The van der Waals surface area contributed by atoms with Crippen LogP contribution in [0.5, 0.6) is 0 Å². The van der Waals surface area contributed by atoms with Crippen LogP contribution in [0.3, 0.4) is 0 Å². The fourth-order valence-corrected chi connectivity index (χ4v) is 3.32. The number of rotatable bonds is 5. The molecule has 22 heavy (non-hydrogen) atoms. The first-order chi connectivity index (χ1) is 10.6. The van der Waals surface area contributed by atoms with Crippen LogP contribution in [0.25, 0.3) is 6.08 Å². The van der Waals surface area contributed by atoms with Crippen LogP contribution in [-0.2, 0) is 4.79 Å². The average molecular weight is 300 g/mol. The molecule has 1 aromatic rings. The van der Waals surface area contributed by atoms with Crippen LogP contribution in [0.15, 0.2) is 36.4 Å². The summed E-state index contributed by atoms with van der Waals surface area (Å²) in [4.78, 5) is 16.7. The van der Waals surface area contributed by atoms with E-state index in [1.54, 1.807) is 0 Å². The summed E-state index contributed by atoms with van der Waals surface area (Å²) in [5, 5.41) is 0. The van der Waals surface area contributed by atoms with Gasteiger partial charge in [-0.25, -0.2) is 0 Å². The maximum atomic E-state index is 12.2. The Bertz CT molecular complexity index is 485. The molecule has 3 nitrogen and oxygen atoms in total. The summed E-state index contributed by atoms with van der Waals surface area (Å²) in [6.07, 6.45) is 5.99. The van der Waals surface area contributed by atoms with Crippen molar-refractivity contribution in [3.63, 3.8) is 0 Å². The fourth-order valence-electron chi connectivity index (χ4n) is 3.32. The van der Waals surface area contributed by atoms with Gasteiger partial charge in [0.15, 0.2) is 0 Å². The van der Waals surface area contributed by atoms with Crippen molar-refractivity contribution in [2.75, 3.05) is 19.6 Å². The van der Waals surface area contributed by atoms with Gasteiger partial charge in [0.25, 0.3) is 0 Å². The molecule has 0 N–H and O–H groups in total. The van der Waals surface area contributed by atoms with E-state index in [4.69, 9.17) is 0 Å². The lowest BCUT2D eigenvalue weighted by atomic mass is 10.1. The van der Waals surface area contributed by atoms with Crippen LogP contribution in [0, 0.1) is 0 Å². The Morgan fingerprint density at radius 2 is 1.82 bits per heavy atom. The Balaban J connectivity index is 1.88. The number of piperazine rings is 1. The van der Waals surface area contributed by atoms with E-state index in [9.17, 15) is 4.79 Å². The molecule has 0 unspecified atom stereocenters. The van der Waals surface area contributed by atoms with Gasteiger partial charge in [-0.1, -0.05) is 49.4 Å². The van der Waals surface area contributed by atoms with Crippen molar-refractivity contribution in [1.82, 2.24) is 9.80 Å². The van der Waals surface area contributed by atoms with E-state index in [0.717, 1.165) is 26.1 Å².